The Morgan fingerprint density at radius 2 is 2.27 bits per heavy atom. The number of hydrogen-bond acceptors (Lipinski definition) is 2. The van der Waals surface area contributed by atoms with Crippen molar-refractivity contribution in [3.05, 3.63) is 29.3 Å². The number of nitrogens with one attached hydrogen (secondary N) is 1. The molecule has 2 atom stereocenters. The van der Waals surface area contributed by atoms with Gasteiger partial charge in [0.2, 0.25) is 5.91 Å². The lowest BCUT2D eigenvalue weighted by molar-refractivity contribution is -0.116. The fourth-order valence-electron chi connectivity index (χ4n) is 1.88. The normalized spacial score (nSPS) is 21.0. The van der Waals surface area contributed by atoms with Crippen LogP contribution in [-0.2, 0) is 4.79 Å². The maximum absolute atomic E-state index is 11.4. The first-order valence-corrected chi connectivity index (χ1v) is 5.26. The number of rotatable bonds is 2. The Bertz CT molecular complexity index is 401. The van der Waals surface area contributed by atoms with Crippen LogP contribution >= 0.6 is 0 Å². The molecule has 2 N–H and O–H groups in total. The molecular formula is C12H15NO2. The van der Waals surface area contributed by atoms with Gasteiger partial charge in [-0.2, -0.15) is 0 Å². The minimum Gasteiger partial charge on any atom is -0.388 e. The van der Waals surface area contributed by atoms with E-state index in [1.54, 1.807) is 0 Å². The molecule has 1 aromatic carbocycles. The highest BCUT2D eigenvalue weighted by Crippen LogP contribution is 2.34. The molecule has 1 amide bonds. The quantitative estimate of drug-likeness (QED) is 0.777. The largest absolute Gasteiger partial charge is 0.388 e. The zero-order valence-electron chi connectivity index (χ0n) is 8.95. The van der Waals surface area contributed by atoms with E-state index < -0.39 is 6.10 Å². The maximum atomic E-state index is 11.4. The first-order valence-electron chi connectivity index (χ1n) is 5.26. The van der Waals surface area contributed by atoms with Crippen molar-refractivity contribution >= 4 is 11.6 Å². The minimum absolute atomic E-state index is 0.0353. The first kappa shape index (κ1) is 10.2. The Balaban J connectivity index is 2.39. The summed E-state index contributed by atoms with van der Waals surface area (Å²) in [6.45, 7) is 3.81. The van der Waals surface area contributed by atoms with E-state index in [1.165, 1.54) is 0 Å². The van der Waals surface area contributed by atoms with Crippen molar-refractivity contribution in [2.24, 2.45) is 0 Å². The van der Waals surface area contributed by atoms with Crippen LogP contribution in [0.4, 0.5) is 5.69 Å². The van der Waals surface area contributed by atoms with E-state index in [9.17, 15) is 9.90 Å². The number of benzene rings is 1. The van der Waals surface area contributed by atoms with Crippen LogP contribution in [0.25, 0.3) is 0 Å². The standard InChI is InChI=1S/C12H15NO2/c1-3-11(14)8-4-5-10-9(6-8)7(2)12(15)13-10/h4-7,11,14H,3H2,1-2H3,(H,13,15). The predicted molar refractivity (Wildman–Crippen MR) is 58.7 cm³/mol. The summed E-state index contributed by atoms with van der Waals surface area (Å²) >= 11 is 0. The summed E-state index contributed by atoms with van der Waals surface area (Å²) in [6, 6.07) is 5.66. The SMILES string of the molecule is CCC(O)c1ccc2c(c1)C(C)C(=O)N2. The second-order valence-electron chi connectivity index (χ2n) is 3.98. The van der Waals surface area contributed by atoms with Crippen LogP contribution in [0.3, 0.4) is 0 Å². The summed E-state index contributed by atoms with van der Waals surface area (Å²) in [5, 5.41) is 12.5. The Hall–Kier alpha value is -1.35. The highest BCUT2D eigenvalue weighted by molar-refractivity contribution is 6.02. The van der Waals surface area contributed by atoms with E-state index in [-0.39, 0.29) is 11.8 Å². The molecule has 0 aliphatic carbocycles. The number of aliphatic hydroxyl groups excluding tert-OH is 1. The van der Waals surface area contributed by atoms with Crippen LogP contribution in [0.2, 0.25) is 0 Å². The van der Waals surface area contributed by atoms with Gasteiger partial charge in [-0.1, -0.05) is 19.1 Å². The Labute approximate surface area is 89.1 Å². The zero-order chi connectivity index (χ0) is 11.0. The number of amides is 1. The van der Waals surface area contributed by atoms with Gasteiger partial charge < -0.3 is 10.4 Å². The second kappa shape index (κ2) is 3.66. The van der Waals surface area contributed by atoms with E-state index in [4.69, 9.17) is 0 Å². The average molecular weight is 205 g/mol. The van der Waals surface area contributed by atoms with Gasteiger partial charge in [-0.15, -0.1) is 0 Å². The lowest BCUT2D eigenvalue weighted by Crippen LogP contribution is -2.08. The molecule has 0 aromatic heterocycles. The van der Waals surface area contributed by atoms with E-state index in [0.717, 1.165) is 16.8 Å². The fourth-order valence-corrected chi connectivity index (χ4v) is 1.88. The monoisotopic (exact) mass is 205 g/mol. The molecule has 1 aliphatic rings. The summed E-state index contributed by atoms with van der Waals surface area (Å²) in [5.74, 6) is -0.0721. The van der Waals surface area contributed by atoms with Gasteiger partial charge in [0.25, 0.3) is 0 Å². The summed E-state index contributed by atoms with van der Waals surface area (Å²) < 4.78 is 0. The molecule has 0 spiro atoms. The molecule has 15 heavy (non-hydrogen) atoms. The summed E-state index contributed by atoms with van der Waals surface area (Å²) in [6.07, 6.45) is 0.257. The molecule has 80 valence electrons. The van der Waals surface area contributed by atoms with Crippen molar-refractivity contribution in [2.75, 3.05) is 5.32 Å². The third-order valence-corrected chi connectivity index (χ3v) is 2.96. The van der Waals surface area contributed by atoms with Gasteiger partial charge in [-0.25, -0.2) is 0 Å². The van der Waals surface area contributed by atoms with Crippen LogP contribution in [0, 0.1) is 0 Å². The van der Waals surface area contributed by atoms with E-state index in [1.807, 2.05) is 32.0 Å². The summed E-state index contributed by atoms with van der Waals surface area (Å²) in [5.41, 5.74) is 2.75. The molecule has 1 aliphatic heterocycles. The van der Waals surface area contributed by atoms with E-state index in [2.05, 4.69) is 5.32 Å². The Morgan fingerprint density at radius 1 is 1.53 bits per heavy atom. The van der Waals surface area contributed by atoms with Crippen LogP contribution in [0.15, 0.2) is 18.2 Å². The topological polar surface area (TPSA) is 49.3 Å². The van der Waals surface area contributed by atoms with Crippen LogP contribution < -0.4 is 5.32 Å². The molecule has 3 heteroatoms. The van der Waals surface area contributed by atoms with Crippen molar-refractivity contribution in [3.63, 3.8) is 0 Å². The van der Waals surface area contributed by atoms with E-state index >= 15 is 0 Å². The van der Waals surface area contributed by atoms with Gasteiger partial charge in [0.15, 0.2) is 0 Å². The molecule has 1 heterocycles. The molecule has 0 bridgehead atoms. The first-order chi connectivity index (χ1) is 7.13. The van der Waals surface area contributed by atoms with Gasteiger partial charge in [0.1, 0.15) is 0 Å². The molecule has 0 radical (unpaired) electrons. The summed E-state index contributed by atoms with van der Waals surface area (Å²) in [7, 11) is 0. The molecular weight excluding hydrogens is 190 g/mol. The molecule has 0 saturated heterocycles. The van der Waals surface area contributed by atoms with Crippen LogP contribution in [-0.4, -0.2) is 11.0 Å². The van der Waals surface area contributed by atoms with Crippen molar-refractivity contribution < 1.29 is 9.90 Å². The molecule has 3 nitrogen and oxygen atoms in total. The number of carbonyl (C=O) groups excluding carboxylic acids is 1. The van der Waals surface area contributed by atoms with Crippen molar-refractivity contribution in [3.8, 4) is 0 Å². The number of anilines is 1. The van der Waals surface area contributed by atoms with Crippen molar-refractivity contribution in [1.29, 1.82) is 0 Å². The van der Waals surface area contributed by atoms with Crippen molar-refractivity contribution in [2.45, 2.75) is 32.3 Å². The Morgan fingerprint density at radius 3 is 2.93 bits per heavy atom. The van der Waals surface area contributed by atoms with Gasteiger partial charge in [-0.3, -0.25) is 4.79 Å². The van der Waals surface area contributed by atoms with Crippen LogP contribution in [0.5, 0.6) is 0 Å². The Kier molecular flexibility index (Phi) is 2.49. The smallest absolute Gasteiger partial charge is 0.231 e. The fraction of sp³-hybridized carbons (Fsp3) is 0.417. The van der Waals surface area contributed by atoms with Crippen LogP contribution in [0.1, 0.15) is 43.4 Å². The molecule has 1 aromatic rings. The van der Waals surface area contributed by atoms with Gasteiger partial charge in [0, 0.05) is 5.69 Å². The number of aliphatic hydroxyl groups is 1. The highest BCUT2D eigenvalue weighted by atomic mass is 16.3. The van der Waals surface area contributed by atoms with Crippen molar-refractivity contribution in [1.82, 2.24) is 0 Å². The summed E-state index contributed by atoms with van der Waals surface area (Å²) in [4.78, 5) is 11.4. The average Bonchev–Trinajstić information content (AvgIpc) is 2.54. The minimum atomic E-state index is -0.432. The third kappa shape index (κ3) is 1.63. The zero-order valence-corrected chi connectivity index (χ0v) is 8.95. The molecule has 0 saturated carbocycles. The van der Waals surface area contributed by atoms with E-state index in [0.29, 0.717) is 6.42 Å². The third-order valence-electron chi connectivity index (χ3n) is 2.96. The van der Waals surface area contributed by atoms with Gasteiger partial charge in [-0.05, 0) is 30.5 Å². The van der Waals surface area contributed by atoms with Gasteiger partial charge in [0.05, 0.1) is 12.0 Å². The molecule has 2 unspecified atom stereocenters. The number of hydrogen-bond donors (Lipinski definition) is 2. The molecule has 2 rings (SSSR count). The number of carbonyl (C=O) groups is 1. The predicted octanol–water partition coefficient (Wildman–Crippen LogP) is 2.19. The maximum Gasteiger partial charge on any atom is 0.231 e. The number of fused-ring (bicyclic) bond motifs is 1. The second-order valence-corrected chi connectivity index (χ2v) is 3.98. The lowest BCUT2D eigenvalue weighted by Gasteiger charge is -2.10. The molecule has 0 fully saturated rings. The lowest BCUT2D eigenvalue weighted by atomic mass is 9.98. The van der Waals surface area contributed by atoms with Gasteiger partial charge >= 0.3 is 0 Å². The highest BCUT2D eigenvalue weighted by Gasteiger charge is 2.26.